The van der Waals surface area contributed by atoms with Crippen LogP contribution in [-0.2, 0) is 14.3 Å². The molecule has 0 saturated carbocycles. The Morgan fingerprint density at radius 2 is 2.27 bits per heavy atom. The Morgan fingerprint density at radius 1 is 1.67 bits per heavy atom. The van der Waals surface area contributed by atoms with Gasteiger partial charge in [-0.15, -0.1) is 6.58 Å². The van der Waals surface area contributed by atoms with Gasteiger partial charge in [0.25, 0.3) is 0 Å². The van der Waals surface area contributed by atoms with Crippen molar-refractivity contribution in [2.45, 2.75) is 38.4 Å². The van der Waals surface area contributed by atoms with Crippen molar-refractivity contribution in [2.24, 2.45) is 0 Å². The number of ether oxygens (including phenoxy) is 2. The second-order valence-corrected chi connectivity index (χ2v) is 3.57. The van der Waals surface area contributed by atoms with Crippen molar-refractivity contribution in [3.8, 4) is 0 Å². The van der Waals surface area contributed by atoms with Crippen LogP contribution >= 0.6 is 0 Å². The van der Waals surface area contributed by atoms with Crippen LogP contribution in [0.15, 0.2) is 12.7 Å². The Balaban J connectivity index is 4.35. The van der Waals surface area contributed by atoms with E-state index in [9.17, 15) is 9.90 Å². The van der Waals surface area contributed by atoms with Crippen molar-refractivity contribution in [1.29, 1.82) is 0 Å². The normalized spacial score (nSPS) is 16.5. The zero-order chi connectivity index (χ0) is 11.9. The third-order valence-electron chi connectivity index (χ3n) is 2.08. The Kier molecular flexibility index (Phi) is 6.20. The second kappa shape index (κ2) is 6.58. The largest absolute Gasteiger partial charge is 0.467 e. The molecule has 15 heavy (non-hydrogen) atoms. The molecule has 0 saturated heterocycles. The van der Waals surface area contributed by atoms with Gasteiger partial charge in [-0.25, -0.2) is 4.79 Å². The van der Waals surface area contributed by atoms with Gasteiger partial charge in [-0.3, -0.25) is 0 Å². The molecule has 0 heterocycles. The van der Waals surface area contributed by atoms with Gasteiger partial charge in [-0.2, -0.15) is 0 Å². The van der Waals surface area contributed by atoms with Gasteiger partial charge in [0.1, 0.15) is 0 Å². The van der Waals surface area contributed by atoms with E-state index in [4.69, 9.17) is 4.74 Å². The van der Waals surface area contributed by atoms with Crippen LogP contribution in [0.3, 0.4) is 0 Å². The maximum absolute atomic E-state index is 11.2. The minimum absolute atomic E-state index is 0.207. The highest BCUT2D eigenvalue weighted by Gasteiger charge is 2.34. The highest BCUT2D eigenvalue weighted by atomic mass is 16.5. The first-order chi connectivity index (χ1) is 6.97. The summed E-state index contributed by atoms with van der Waals surface area (Å²) in [4.78, 5) is 11.2. The molecule has 0 aliphatic heterocycles. The van der Waals surface area contributed by atoms with E-state index in [0.29, 0.717) is 13.0 Å². The number of esters is 1. The van der Waals surface area contributed by atoms with Crippen LogP contribution in [0.2, 0.25) is 0 Å². The lowest BCUT2D eigenvalue weighted by Gasteiger charge is -2.25. The molecule has 0 aliphatic rings. The third-order valence-corrected chi connectivity index (χ3v) is 2.08. The molecule has 0 aromatic heterocycles. The summed E-state index contributed by atoms with van der Waals surface area (Å²) in [6.45, 7) is 7.43. The van der Waals surface area contributed by atoms with Gasteiger partial charge in [0, 0.05) is 13.0 Å². The molecule has 1 N–H and O–H groups in total. The SMILES string of the molecule is C=CCC(CC(C)(O)C(=O)OC)OCC. The fourth-order valence-electron chi connectivity index (χ4n) is 1.38. The molecule has 0 aromatic rings. The van der Waals surface area contributed by atoms with Crippen LogP contribution in [0.4, 0.5) is 0 Å². The molecule has 0 radical (unpaired) electrons. The van der Waals surface area contributed by atoms with Crippen LogP contribution in [0, 0.1) is 0 Å². The average Bonchev–Trinajstić information content (AvgIpc) is 2.16. The van der Waals surface area contributed by atoms with E-state index < -0.39 is 11.6 Å². The van der Waals surface area contributed by atoms with Gasteiger partial charge in [0.2, 0.25) is 0 Å². The molecule has 0 bridgehead atoms. The first-order valence-electron chi connectivity index (χ1n) is 5.01. The fourth-order valence-corrected chi connectivity index (χ4v) is 1.38. The molecule has 0 aliphatic carbocycles. The Bertz CT molecular complexity index is 211. The van der Waals surface area contributed by atoms with Crippen molar-refractivity contribution >= 4 is 5.97 Å². The van der Waals surface area contributed by atoms with Gasteiger partial charge >= 0.3 is 5.97 Å². The molecule has 0 amide bonds. The predicted octanol–water partition coefficient (Wildman–Crippen LogP) is 1.28. The molecule has 0 rings (SSSR count). The van der Waals surface area contributed by atoms with E-state index in [0.717, 1.165) is 0 Å². The topological polar surface area (TPSA) is 55.8 Å². The van der Waals surface area contributed by atoms with Crippen molar-refractivity contribution in [3.63, 3.8) is 0 Å². The summed E-state index contributed by atoms with van der Waals surface area (Å²) in [5.74, 6) is -0.642. The van der Waals surface area contributed by atoms with Gasteiger partial charge in [-0.1, -0.05) is 6.08 Å². The summed E-state index contributed by atoms with van der Waals surface area (Å²) in [6, 6.07) is 0. The molecule has 0 spiro atoms. The smallest absolute Gasteiger partial charge is 0.337 e. The number of hydrogen-bond acceptors (Lipinski definition) is 4. The number of carbonyl (C=O) groups excluding carboxylic acids is 1. The van der Waals surface area contributed by atoms with Crippen LogP contribution in [0.1, 0.15) is 26.7 Å². The molecule has 0 aromatic carbocycles. The Morgan fingerprint density at radius 3 is 2.67 bits per heavy atom. The summed E-state index contributed by atoms with van der Waals surface area (Å²) in [7, 11) is 1.25. The lowest BCUT2D eigenvalue weighted by atomic mass is 9.97. The maximum Gasteiger partial charge on any atom is 0.337 e. The van der Waals surface area contributed by atoms with Crippen molar-refractivity contribution in [3.05, 3.63) is 12.7 Å². The second-order valence-electron chi connectivity index (χ2n) is 3.57. The quantitative estimate of drug-likeness (QED) is 0.514. The number of carbonyl (C=O) groups is 1. The zero-order valence-electron chi connectivity index (χ0n) is 9.66. The van der Waals surface area contributed by atoms with Crippen molar-refractivity contribution < 1.29 is 19.4 Å². The minimum Gasteiger partial charge on any atom is -0.467 e. The number of aliphatic hydroxyl groups is 1. The lowest BCUT2D eigenvalue weighted by Crippen LogP contribution is -2.40. The van der Waals surface area contributed by atoms with Gasteiger partial charge in [0.15, 0.2) is 5.60 Å². The van der Waals surface area contributed by atoms with E-state index >= 15 is 0 Å². The molecule has 2 unspecified atom stereocenters. The van der Waals surface area contributed by atoms with Crippen molar-refractivity contribution in [1.82, 2.24) is 0 Å². The molecular formula is C11H20O4. The summed E-state index contributed by atoms with van der Waals surface area (Å²) in [5, 5.41) is 9.82. The lowest BCUT2D eigenvalue weighted by molar-refractivity contribution is -0.164. The fraction of sp³-hybridized carbons (Fsp3) is 0.727. The van der Waals surface area contributed by atoms with Crippen LogP contribution in [-0.4, -0.2) is 36.5 Å². The van der Waals surface area contributed by atoms with E-state index in [1.807, 2.05) is 6.92 Å². The summed E-state index contributed by atoms with van der Waals surface area (Å²) in [5.41, 5.74) is -1.50. The monoisotopic (exact) mass is 216 g/mol. The highest BCUT2D eigenvalue weighted by molar-refractivity contribution is 5.78. The highest BCUT2D eigenvalue weighted by Crippen LogP contribution is 2.18. The van der Waals surface area contributed by atoms with E-state index in [1.165, 1.54) is 14.0 Å². The van der Waals surface area contributed by atoms with E-state index in [2.05, 4.69) is 11.3 Å². The molecule has 88 valence electrons. The number of methoxy groups -OCH3 is 1. The third kappa shape index (κ3) is 4.95. The van der Waals surface area contributed by atoms with Crippen LogP contribution in [0.5, 0.6) is 0 Å². The molecule has 4 nitrogen and oxygen atoms in total. The molecule has 2 atom stereocenters. The van der Waals surface area contributed by atoms with Crippen LogP contribution < -0.4 is 0 Å². The zero-order valence-corrected chi connectivity index (χ0v) is 9.66. The summed E-state index contributed by atoms with van der Waals surface area (Å²) in [6.07, 6.45) is 2.30. The summed E-state index contributed by atoms with van der Waals surface area (Å²) < 4.78 is 9.88. The van der Waals surface area contributed by atoms with Gasteiger partial charge < -0.3 is 14.6 Å². The first kappa shape index (κ1) is 14.1. The maximum atomic E-state index is 11.2. The number of rotatable bonds is 7. The summed E-state index contributed by atoms with van der Waals surface area (Å²) >= 11 is 0. The first-order valence-corrected chi connectivity index (χ1v) is 5.01. The molecule has 4 heteroatoms. The molecule has 0 fully saturated rings. The van der Waals surface area contributed by atoms with E-state index in [-0.39, 0.29) is 12.5 Å². The van der Waals surface area contributed by atoms with Gasteiger partial charge in [-0.05, 0) is 20.3 Å². The number of hydrogen-bond donors (Lipinski definition) is 1. The Hall–Kier alpha value is -0.870. The average molecular weight is 216 g/mol. The Labute approximate surface area is 90.9 Å². The van der Waals surface area contributed by atoms with Gasteiger partial charge in [0.05, 0.1) is 13.2 Å². The molecular weight excluding hydrogens is 196 g/mol. The minimum atomic E-state index is -1.50. The van der Waals surface area contributed by atoms with E-state index in [1.54, 1.807) is 6.08 Å². The standard InChI is InChI=1S/C11H20O4/c1-5-7-9(15-6-2)8-11(3,13)10(12)14-4/h5,9,13H,1,6-8H2,2-4H3. The van der Waals surface area contributed by atoms with Crippen molar-refractivity contribution in [2.75, 3.05) is 13.7 Å². The van der Waals surface area contributed by atoms with Crippen LogP contribution in [0.25, 0.3) is 0 Å². The predicted molar refractivity (Wildman–Crippen MR) is 57.5 cm³/mol.